The van der Waals surface area contributed by atoms with Gasteiger partial charge in [-0.1, -0.05) is 48.5 Å². The van der Waals surface area contributed by atoms with Gasteiger partial charge in [-0.05, 0) is 56.4 Å². The number of aryl methyl sites for hydroxylation is 2. The number of amides is 3. The van der Waals surface area contributed by atoms with Crippen LogP contribution in [0.15, 0.2) is 48.5 Å². The highest BCUT2D eigenvalue weighted by molar-refractivity contribution is 8.00. The highest BCUT2D eigenvalue weighted by Gasteiger charge is 2.54. The minimum Gasteiger partial charge on any atom is -0.443 e. The fraction of sp³-hybridized carbons (Fsp3) is 0.545. The van der Waals surface area contributed by atoms with Crippen molar-refractivity contribution in [1.82, 2.24) is 15.5 Å². The largest absolute Gasteiger partial charge is 0.443 e. The molecule has 0 aliphatic carbocycles. The molecule has 11 nitrogen and oxygen atoms in total. The molecule has 244 valence electrons. The number of carbonyl (C=O) groups is 3. The third-order valence-electron chi connectivity index (χ3n) is 9.07. The molecule has 5 rings (SSSR count). The first-order chi connectivity index (χ1) is 21.5. The Morgan fingerprint density at radius 3 is 2.51 bits per heavy atom. The fourth-order valence-corrected chi connectivity index (χ4v) is 7.54. The zero-order valence-corrected chi connectivity index (χ0v) is 27.2. The number of alkyl carbamates (subject to hydrolysis) is 1. The monoisotopic (exact) mass is 641 g/mol. The Morgan fingerprint density at radius 1 is 1.11 bits per heavy atom. The van der Waals surface area contributed by atoms with Crippen LogP contribution in [0.1, 0.15) is 42.5 Å². The van der Waals surface area contributed by atoms with Gasteiger partial charge in [0.05, 0.1) is 25.0 Å². The molecule has 3 amide bonds. The zero-order valence-electron chi connectivity index (χ0n) is 26.4. The molecule has 2 aromatic carbocycles. The molecule has 3 fully saturated rings. The Morgan fingerprint density at radius 2 is 1.82 bits per heavy atom. The summed E-state index contributed by atoms with van der Waals surface area (Å²) in [6, 6.07) is 14.1. The number of thioether (sulfide) groups is 1. The van der Waals surface area contributed by atoms with Crippen LogP contribution in [0.25, 0.3) is 0 Å². The first-order valence-corrected chi connectivity index (χ1v) is 16.2. The van der Waals surface area contributed by atoms with E-state index in [2.05, 4.69) is 10.6 Å². The quantitative estimate of drug-likeness (QED) is 0.335. The first-order valence-electron chi connectivity index (χ1n) is 15.2. The molecular formula is C33H43N3O8S. The fourth-order valence-electron chi connectivity index (χ4n) is 6.40. The summed E-state index contributed by atoms with van der Waals surface area (Å²) in [5, 5.41) is 17.5. The lowest BCUT2D eigenvalue weighted by Gasteiger charge is -2.39. The number of hydrogen-bond acceptors (Lipinski definition) is 9. The topological polar surface area (TPSA) is 136 Å². The lowest BCUT2D eigenvalue weighted by molar-refractivity contribution is -0.168. The van der Waals surface area contributed by atoms with Gasteiger partial charge in [0, 0.05) is 24.8 Å². The van der Waals surface area contributed by atoms with Gasteiger partial charge in [-0.2, -0.15) is 0 Å². The van der Waals surface area contributed by atoms with E-state index in [0.717, 1.165) is 16.7 Å². The summed E-state index contributed by atoms with van der Waals surface area (Å²) < 4.78 is 22.0. The zero-order chi connectivity index (χ0) is 32.4. The van der Waals surface area contributed by atoms with Crippen LogP contribution >= 0.6 is 11.8 Å². The van der Waals surface area contributed by atoms with Crippen molar-refractivity contribution in [1.29, 1.82) is 0 Å². The summed E-state index contributed by atoms with van der Waals surface area (Å²) >= 11 is 1.44. The number of aliphatic hydroxyl groups excluding tert-OH is 1. The lowest BCUT2D eigenvalue weighted by atomic mass is 9.94. The Balaban J connectivity index is 1.36. The summed E-state index contributed by atoms with van der Waals surface area (Å²) in [5.74, 6) is -1.00. The first kappa shape index (κ1) is 33.2. The van der Waals surface area contributed by atoms with Crippen LogP contribution in [0.5, 0.6) is 0 Å². The smallest absolute Gasteiger partial charge is 0.409 e. The van der Waals surface area contributed by atoms with Gasteiger partial charge in [-0.25, -0.2) is 4.79 Å². The third-order valence-corrected chi connectivity index (χ3v) is 10.4. The van der Waals surface area contributed by atoms with Crippen molar-refractivity contribution in [2.24, 2.45) is 5.92 Å². The summed E-state index contributed by atoms with van der Waals surface area (Å²) in [5.41, 5.74) is 1.93. The second-order valence-corrected chi connectivity index (χ2v) is 14.0. The number of aliphatic hydroxyl groups is 1. The van der Waals surface area contributed by atoms with Crippen molar-refractivity contribution in [3.05, 3.63) is 70.8 Å². The van der Waals surface area contributed by atoms with Crippen LogP contribution in [0, 0.1) is 19.8 Å². The van der Waals surface area contributed by atoms with Gasteiger partial charge in [-0.15, -0.1) is 11.8 Å². The number of hydrogen-bond donors (Lipinski definition) is 3. The Labute approximate surface area is 268 Å². The molecule has 0 spiro atoms. The number of carbonyl (C=O) groups excluding carboxylic acids is 3. The van der Waals surface area contributed by atoms with Crippen molar-refractivity contribution in [2.75, 3.05) is 26.2 Å². The average molecular weight is 642 g/mol. The molecule has 0 bridgehead atoms. The van der Waals surface area contributed by atoms with Crippen LogP contribution in [0.2, 0.25) is 0 Å². The van der Waals surface area contributed by atoms with Crippen molar-refractivity contribution in [2.45, 2.75) is 82.1 Å². The normalized spacial score (nSPS) is 25.7. The summed E-state index contributed by atoms with van der Waals surface area (Å²) in [7, 11) is 1.32. The second kappa shape index (κ2) is 13.7. The van der Waals surface area contributed by atoms with Gasteiger partial charge in [-0.3, -0.25) is 14.9 Å². The second-order valence-electron chi connectivity index (χ2n) is 12.4. The van der Waals surface area contributed by atoms with E-state index < -0.39 is 47.0 Å². The lowest BCUT2D eigenvalue weighted by Crippen LogP contribution is -2.66. The number of ether oxygens (including phenoxy) is 4. The minimum atomic E-state index is -1.91. The van der Waals surface area contributed by atoms with Crippen molar-refractivity contribution in [3.63, 3.8) is 0 Å². The van der Waals surface area contributed by atoms with E-state index >= 15 is 0 Å². The predicted molar refractivity (Wildman–Crippen MR) is 168 cm³/mol. The molecule has 0 unspecified atom stereocenters. The Hall–Kier alpha value is -3.16. The van der Waals surface area contributed by atoms with E-state index in [9.17, 15) is 19.5 Å². The van der Waals surface area contributed by atoms with E-state index in [-0.39, 0.29) is 30.7 Å². The van der Waals surface area contributed by atoms with Gasteiger partial charge in [0.2, 0.25) is 5.91 Å². The van der Waals surface area contributed by atoms with Crippen molar-refractivity contribution < 1.29 is 38.4 Å². The number of nitrogens with one attached hydrogen (secondary N) is 2. The number of fused-ring (bicyclic) bond motifs is 1. The van der Waals surface area contributed by atoms with Crippen LogP contribution in [-0.2, 0) is 41.5 Å². The molecule has 3 heterocycles. The summed E-state index contributed by atoms with van der Waals surface area (Å²) in [6.07, 6.45) is -3.05. The third kappa shape index (κ3) is 7.00. The molecule has 2 aromatic rings. The number of nitrogens with zero attached hydrogens (tertiary/aromatic N) is 1. The summed E-state index contributed by atoms with van der Waals surface area (Å²) in [6.45, 7) is 8.78. The Bertz CT molecular complexity index is 1370. The van der Waals surface area contributed by atoms with E-state index in [1.165, 1.54) is 23.8 Å². The molecule has 0 radical (unpaired) electrons. The van der Waals surface area contributed by atoms with Crippen molar-refractivity contribution in [3.8, 4) is 0 Å². The molecule has 45 heavy (non-hydrogen) atoms. The van der Waals surface area contributed by atoms with Gasteiger partial charge in [0.1, 0.15) is 12.1 Å². The molecule has 3 aliphatic rings. The molecule has 3 N–H and O–H groups in total. The van der Waals surface area contributed by atoms with Gasteiger partial charge in [0.25, 0.3) is 5.91 Å². The van der Waals surface area contributed by atoms with E-state index in [4.69, 9.17) is 18.9 Å². The maximum absolute atomic E-state index is 14.2. The van der Waals surface area contributed by atoms with Crippen LogP contribution in [0.3, 0.4) is 0 Å². The van der Waals surface area contributed by atoms with Crippen LogP contribution < -0.4 is 10.6 Å². The molecule has 3 saturated heterocycles. The van der Waals surface area contributed by atoms with Crippen LogP contribution in [0.4, 0.5) is 4.79 Å². The minimum absolute atomic E-state index is 0.0452. The van der Waals surface area contributed by atoms with E-state index in [0.29, 0.717) is 25.1 Å². The van der Waals surface area contributed by atoms with Gasteiger partial charge in [0.15, 0.2) is 18.1 Å². The van der Waals surface area contributed by atoms with Crippen molar-refractivity contribution >= 4 is 29.7 Å². The molecule has 3 aliphatic heterocycles. The predicted octanol–water partition coefficient (Wildman–Crippen LogP) is 3.03. The number of benzene rings is 2. The number of methoxy groups -OCH3 is 1. The molecule has 6 atom stereocenters. The molecule has 12 heteroatoms. The average Bonchev–Trinajstić information content (AvgIpc) is 3.71. The highest BCUT2D eigenvalue weighted by atomic mass is 32.2. The number of rotatable bonds is 10. The van der Waals surface area contributed by atoms with Gasteiger partial charge >= 0.3 is 6.09 Å². The van der Waals surface area contributed by atoms with Gasteiger partial charge < -0.3 is 34.3 Å². The molecule has 0 saturated carbocycles. The maximum atomic E-state index is 14.2. The van der Waals surface area contributed by atoms with Crippen LogP contribution in [-0.4, -0.2) is 89.1 Å². The molecular weight excluding hydrogens is 598 g/mol. The standard InChI is InChI=1S/C33H43N3O8S/c1-20-10-9-11-21(2)24(20)17-34-28(38)26-32(3,4)45-19-36(26)29(39)27(37)33(41-5,16-22-12-7-6-8-13-22)35-31(40)44-25-18-43-30-23(25)14-15-42-30/h6-13,23,25-27,30,37H,14-19H2,1-5H3,(H,34,38)(H,35,40)/t23-,25-,26+,27+,30+,33-/m0/s1. The highest BCUT2D eigenvalue weighted by Crippen LogP contribution is 2.40. The Kier molecular flexibility index (Phi) is 10.1. The van der Waals surface area contributed by atoms with E-state index in [1.807, 2.05) is 76.2 Å². The maximum Gasteiger partial charge on any atom is 0.409 e. The van der Waals surface area contributed by atoms with E-state index in [1.54, 1.807) is 0 Å². The molecule has 0 aromatic heterocycles. The summed E-state index contributed by atoms with van der Waals surface area (Å²) in [4.78, 5) is 42.6. The SMILES string of the molecule is CO[C@](Cc1ccccc1)(NC(=O)O[C@H]1CO[C@H]2OCC[C@H]21)[C@H](O)C(=O)N1CSC(C)(C)[C@H]1C(=O)NCc1c(C)cccc1C.